The number of nitrogen functional groups attached to an aromatic ring is 1. The number of hydrogen-bond acceptors (Lipinski definition) is 4. The van der Waals surface area contributed by atoms with Crippen molar-refractivity contribution in [3.63, 3.8) is 0 Å². The average molecular weight is 252 g/mol. The molecule has 3 rings (SSSR count). The molecular weight excluding hydrogens is 238 g/mol. The van der Waals surface area contributed by atoms with E-state index in [-0.39, 0.29) is 5.95 Å². The molecular formula is C11H14ClN5. The number of anilines is 1. The predicted molar refractivity (Wildman–Crippen MR) is 66.9 cm³/mol. The summed E-state index contributed by atoms with van der Waals surface area (Å²) in [6.07, 6.45) is 8.00. The van der Waals surface area contributed by atoms with Gasteiger partial charge in [-0.1, -0.05) is 30.9 Å². The molecule has 17 heavy (non-hydrogen) atoms. The van der Waals surface area contributed by atoms with Crippen LogP contribution in [0, 0.1) is 0 Å². The molecule has 2 N–H and O–H groups in total. The molecule has 0 atom stereocenters. The molecule has 0 aromatic carbocycles. The van der Waals surface area contributed by atoms with Crippen LogP contribution in [0.2, 0.25) is 5.15 Å². The fourth-order valence-corrected chi connectivity index (χ4v) is 2.74. The minimum Gasteiger partial charge on any atom is -0.368 e. The normalized spacial score (nSPS) is 17.7. The zero-order valence-corrected chi connectivity index (χ0v) is 10.2. The van der Waals surface area contributed by atoms with Crippen molar-refractivity contribution in [3.05, 3.63) is 11.5 Å². The van der Waals surface area contributed by atoms with Gasteiger partial charge in [-0.25, -0.2) is 4.98 Å². The first-order valence-corrected chi connectivity index (χ1v) is 6.29. The molecule has 2 aromatic heterocycles. The zero-order valence-electron chi connectivity index (χ0n) is 9.43. The molecule has 2 heterocycles. The molecule has 2 aromatic rings. The Bertz CT molecular complexity index is 544. The van der Waals surface area contributed by atoms with Crippen LogP contribution in [-0.2, 0) is 0 Å². The summed E-state index contributed by atoms with van der Waals surface area (Å²) in [5.74, 6) is 0.208. The fourth-order valence-electron chi connectivity index (χ4n) is 2.52. The van der Waals surface area contributed by atoms with Crippen molar-refractivity contribution >= 4 is 28.7 Å². The van der Waals surface area contributed by atoms with E-state index in [0.717, 1.165) is 5.65 Å². The molecule has 5 nitrogen and oxygen atoms in total. The molecule has 6 heteroatoms. The Morgan fingerprint density at radius 1 is 1.24 bits per heavy atom. The number of fused-ring (bicyclic) bond motifs is 1. The summed E-state index contributed by atoms with van der Waals surface area (Å²) in [6.45, 7) is 0. The molecule has 1 saturated carbocycles. The van der Waals surface area contributed by atoms with E-state index in [9.17, 15) is 0 Å². The Hall–Kier alpha value is -1.36. The summed E-state index contributed by atoms with van der Waals surface area (Å²) in [6, 6.07) is 0.471. The Morgan fingerprint density at radius 2 is 2.00 bits per heavy atom. The van der Waals surface area contributed by atoms with E-state index in [2.05, 4.69) is 19.5 Å². The molecule has 1 fully saturated rings. The summed E-state index contributed by atoms with van der Waals surface area (Å²) in [5, 5.41) is 0.335. The SMILES string of the molecule is Nc1nc(Cl)c2ncn(C3CCCCC3)c2n1. The topological polar surface area (TPSA) is 69.6 Å². The number of imidazole rings is 1. The molecule has 0 spiro atoms. The number of halogens is 1. The Kier molecular flexibility index (Phi) is 2.63. The van der Waals surface area contributed by atoms with E-state index in [1.54, 1.807) is 6.33 Å². The number of aromatic nitrogens is 4. The van der Waals surface area contributed by atoms with E-state index in [4.69, 9.17) is 17.3 Å². The van der Waals surface area contributed by atoms with Crippen LogP contribution in [0.1, 0.15) is 38.1 Å². The van der Waals surface area contributed by atoms with Gasteiger partial charge in [-0.05, 0) is 12.8 Å². The molecule has 1 aliphatic rings. The van der Waals surface area contributed by atoms with Crippen LogP contribution in [0.25, 0.3) is 11.2 Å². The largest absolute Gasteiger partial charge is 0.368 e. The van der Waals surface area contributed by atoms with Gasteiger partial charge in [0.25, 0.3) is 0 Å². The van der Waals surface area contributed by atoms with Crippen LogP contribution >= 0.6 is 11.6 Å². The minimum atomic E-state index is 0.208. The smallest absolute Gasteiger partial charge is 0.223 e. The van der Waals surface area contributed by atoms with Crippen molar-refractivity contribution in [1.82, 2.24) is 19.5 Å². The summed E-state index contributed by atoms with van der Waals surface area (Å²) < 4.78 is 2.10. The molecule has 1 aliphatic carbocycles. The highest BCUT2D eigenvalue weighted by Crippen LogP contribution is 2.31. The third-order valence-corrected chi connectivity index (χ3v) is 3.63. The maximum atomic E-state index is 6.01. The van der Waals surface area contributed by atoms with E-state index in [1.165, 1.54) is 32.1 Å². The van der Waals surface area contributed by atoms with Crippen LogP contribution < -0.4 is 5.73 Å². The van der Waals surface area contributed by atoms with Gasteiger partial charge in [0.05, 0.1) is 6.33 Å². The van der Waals surface area contributed by atoms with Gasteiger partial charge in [0, 0.05) is 6.04 Å². The molecule has 0 radical (unpaired) electrons. The summed E-state index contributed by atoms with van der Waals surface area (Å²) >= 11 is 6.01. The van der Waals surface area contributed by atoms with Crippen molar-refractivity contribution in [2.45, 2.75) is 38.1 Å². The second-order valence-corrected chi connectivity index (χ2v) is 4.85. The standard InChI is InChI=1S/C11H14ClN5/c12-9-8-10(16-11(13)15-9)17(6-14-8)7-4-2-1-3-5-7/h6-7H,1-5H2,(H2,13,15,16). The van der Waals surface area contributed by atoms with E-state index < -0.39 is 0 Å². The third kappa shape index (κ3) is 1.84. The Labute approximate surface area is 104 Å². The lowest BCUT2D eigenvalue weighted by atomic mass is 9.95. The van der Waals surface area contributed by atoms with Crippen LogP contribution in [0.5, 0.6) is 0 Å². The van der Waals surface area contributed by atoms with Gasteiger partial charge in [0.1, 0.15) is 5.52 Å². The van der Waals surface area contributed by atoms with Crippen molar-refractivity contribution < 1.29 is 0 Å². The second-order valence-electron chi connectivity index (χ2n) is 4.49. The van der Waals surface area contributed by atoms with E-state index >= 15 is 0 Å². The average Bonchev–Trinajstić information content (AvgIpc) is 2.74. The van der Waals surface area contributed by atoms with E-state index in [0.29, 0.717) is 16.7 Å². The third-order valence-electron chi connectivity index (χ3n) is 3.36. The zero-order chi connectivity index (χ0) is 11.8. The first-order valence-electron chi connectivity index (χ1n) is 5.91. The van der Waals surface area contributed by atoms with Crippen LogP contribution in [0.4, 0.5) is 5.95 Å². The van der Waals surface area contributed by atoms with Gasteiger partial charge in [-0.15, -0.1) is 0 Å². The minimum absolute atomic E-state index is 0.208. The lowest BCUT2D eigenvalue weighted by Crippen LogP contribution is -2.12. The van der Waals surface area contributed by atoms with Gasteiger partial charge in [-0.2, -0.15) is 9.97 Å². The predicted octanol–water partition coefficient (Wildman–Crippen LogP) is 2.57. The van der Waals surface area contributed by atoms with Crippen molar-refractivity contribution in [2.24, 2.45) is 0 Å². The van der Waals surface area contributed by atoms with Gasteiger partial charge in [0.15, 0.2) is 10.8 Å². The van der Waals surface area contributed by atoms with E-state index in [1.807, 2.05) is 0 Å². The van der Waals surface area contributed by atoms with Gasteiger partial charge in [0.2, 0.25) is 5.95 Å². The maximum Gasteiger partial charge on any atom is 0.223 e. The molecule has 0 amide bonds. The second kappa shape index (κ2) is 4.14. The molecule has 90 valence electrons. The number of nitrogens with zero attached hydrogens (tertiary/aromatic N) is 4. The molecule has 0 unspecified atom stereocenters. The van der Waals surface area contributed by atoms with Crippen molar-refractivity contribution in [1.29, 1.82) is 0 Å². The quantitative estimate of drug-likeness (QED) is 0.791. The highest BCUT2D eigenvalue weighted by Gasteiger charge is 2.19. The van der Waals surface area contributed by atoms with Crippen LogP contribution in [-0.4, -0.2) is 19.5 Å². The van der Waals surface area contributed by atoms with Gasteiger partial charge < -0.3 is 10.3 Å². The highest BCUT2D eigenvalue weighted by molar-refractivity contribution is 6.33. The van der Waals surface area contributed by atoms with Gasteiger partial charge in [-0.3, -0.25) is 0 Å². The summed E-state index contributed by atoms with van der Waals surface area (Å²) in [4.78, 5) is 12.5. The number of rotatable bonds is 1. The summed E-state index contributed by atoms with van der Waals surface area (Å²) in [5.41, 5.74) is 7.04. The van der Waals surface area contributed by atoms with Crippen LogP contribution in [0.15, 0.2) is 6.33 Å². The lowest BCUT2D eigenvalue weighted by molar-refractivity contribution is 0.358. The Morgan fingerprint density at radius 3 is 2.76 bits per heavy atom. The first-order chi connectivity index (χ1) is 8.25. The summed E-state index contributed by atoms with van der Waals surface area (Å²) in [7, 11) is 0. The van der Waals surface area contributed by atoms with Gasteiger partial charge >= 0.3 is 0 Å². The number of nitrogens with two attached hydrogens (primary N) is 1. The highest BCUT2D eigenvalue weighted by atomic mass is 35.5. The van der Waals surface area contributed by atoms with Crippen molar-refractivity contribution in [2.75, 3.05) is 5.73 Å². The molecule has 0 saturated heterocycles. The fraction of sp³-hybridized carbons (Fsp3) is 0.545. The Balaban J connectivity index is 2.10. The maximum absolute atomic E-state index is 6.01. The van der Waals surface area contributed by atoms with Crippen molar-refractivity contribution in [3.8, 4) is 0 Å². The number of hydrogen-bond donors (Lipinski definition) is 1. The lowest BCUT2D eigenvalue weighted by Gasteiger charge is -2.23. The van der Waals surface area contributed by atoms with Crippen LogP contribution in [0.3, 0.4) is 0 Å². The molecule has 0 aliphatic heterocycles. The first kappa shape index (κ1) is 10.8. The molecule has 0 bridgehead atoms. The monoisotopic (exact) mass is 251 g/mol.